The van der Waals surface area contributed by atoms with Crippen molar-refractivity contribution in [2.75, 3.05) is 11.9 Å². The van der Waals surface area contributed by atoms with E-state index in [1.807, 2.05) is 24.3 Å². The molecule has 0 spiro atoms. The van der Waals surface area contributed by atoms with Gasteiger partial charge >= 0.3 is 0 Å². The molecule has 3 rings (SSSR count). The average Bonchev–Trinajstić information content (AvgIpc) is 2.62. The van der Waals surface area contributed by atoms with Gasteiger partial charge in [0.1, 0.15) is 0 Å². The number of hydrogen-bond acceptors (Lipinski definition) is 4. The highest BCUT2D eigenvalue weighted by molar-refractivity contribution is 7.97. The number of nitrogens with zero attached hydrogens (tertiary/aromatic N) is 1. The molecule has 26 heavy (non-hydrogen) atoms. The van der Waals surface area contributed by atoms with Gasteiger partial charge in [-0.3, -0.25) is 14.8 Å². The van der Waals surface area contributed by atoms with Crippen LogP contribution in [0.3, 0.4) is 0 Å². The largest absolute Gasteiger partial charge is 0.326 e. The molecule has 1 heterocycles. The van der Waals surface area contributed by atoms with Crippen molar-refractivity contribution in [1.29, 1.82) is 0 Å². The second-order valence-corrected chi connectivity index (χ2v) is 7.94. The Kier molecular flexibility index (Phi) is 6.24. The van der Waals surface area contributed by atoms with Gasteiger partial charge < -0.3 is 5.32 Å². The number of carbonyl (C=O) groups excluding carboxylic acids is 1. The Morgan fingerprint density at radius 3 is 2.81 bits per heavy atom. The second kappa shape index (κ2) is 8.44. The van der Waals surface area contributed by atoms with Gasteiger partial charge in [-0.15, -0.1) is 0 Å². The van der Waals surface area contributed by atoms with Crippen molar-refractivity contribution in [3.05, 3.63) is 58.1 Å². The molecule has 0 fully saturated rings. The summed E-state index contributed by atoms with van der Waals surface area (Å²) in [5, 5.41) is 9.50. The van der Waals surface area contributed by atoms with Crippen molar-refractivity contribution in [3.8, 4) is 0 Å². The van der Waals surface area contributed by atoms with Crippen LogP contribution in [0.25, 0.3) is 0 Å². The molecule has 0 radical (unpaired) electrons. The number of anilines is 1. The predicted molar refractivity (Wildman–Crippen MR) is 110 cm³/mol. The van der Waals surface area contributed by atoms with Crippen LogP contribution < -0.4 is 10.5 Å². The van der Waals surface area contributed by atoms with Crippen molar-refractivity contribution in [2.24, 2.45) is 5.14 Å². The maximum Gasteiger partial charge on any atom is 0.228 e. The van der Waals surface area contributed by atoms with Crippen LogP contribution >= 0.6 is 23.5 Å². The fraction of sp³-hybridized carbons (Fsp3) is 0.350. The van der Waals surface area contributed by atoms with Crippen LogP contribution in [0.1, 0.15) is 30.5 Å². The first-order chi connectivity index (χ1) is 12.5. The van der Waals surface area contributed by atoms with E-state index in [2.05, 4.69) is 30.1 Å². The summed E-state index contributed by atoms with van der Waals surface area (Å²) >= 11 is 7.40. The third-order valence-electron chi connectivity index (χ3n) is 4.77. The fourth-order valence-electron chi connectivity index (χ4n) is 3.32. The molecule has 0 aliphatic carbocycles. The Bertz CT molecular complexity index is 810. The minimum atomic E-state index is -0.0810. The number of halogens is 1. The smallest absolute Gasteiger partial charge is 0.228 e. The maximum absolute atomic E-state index is 12.5. The first-order valence-corrected chi connectivity index (χ1v) is 10.0. The minimum absolute atomic E-state index is 0.0810. The number of fused-ring (bicyclic) bond motifs is 1. The molecule has 1 amide bonds. The lowest BCUT2D eigenvalue weighted by atomic mass is 9.98. The normalized spacial score (nSPS) is 14.3. The molecule has 4 nitrogen and oxygen atoms in total. The average molecular weight is 390 g/mol. The van der Waals surface area contributed by atoms with E-state index in [9.17, 15) is 4.79 Å². The highest BCUT2D eigenvalue weighted by atomic mass is 35.5. The third kappa shape index (κ3) is 4.41. The van der Waals surface area contributed by atoms with E-state index >= 15 is 0 Å². The lowest BCUT2D eigenvalue weighted by Gasteiger charge is -2.33. The Balaban J connectivity index is 1.79. The SMILES string of the molecule is CC(C)N1CCc2c(cc(NC(=O)Cc3ccccc3Cl)cc2SN)C1. The Morgan fingerprint density at radius 1 is 1.35 bits per heavy atom. The van der Waals surface area contributed by atoms with Gasteiger partial charge in [0.25, 0.3) is 0 Å². The quantitative estimate of drug-likeness (QED) is 0.750. The predicted octanol–water partition coefficient (Wildman–Crippen LogP) is 4.25. The molecular weight excluding hydrogens is 366 g/mol. The molecule has 0 saturated carbocycles. The lowest BCUT2D eigenvalue weighted by molar-refractivity contribution is -0.115. The molecule has 1 aliphatic rings. The summed E-state index contributed by atoms with van der Waals surface area (Å²) in [5.41, 5.74) is 4.16. The summed E-state index contributed by atoms with van der Waals surface area (Å²) in [5.74, 6) is -0.0810. The van der Waals surface area contributed by atoms with Gasteiger partial charge in [0, 0.05) is 34.7 Å². The minimum Gasteiger partial charge on any atom is -0.326 e. The zero-order valence-electron chi connectivity index (χ0n) is 15.1. The van der Waals surface area contributed by atoms with Crippen molar-refractivity contribution in [3.63, 3.8) is 0 Å². The summed E-state index contributed by atoms with van der Waals surface area (Å²) in [6.45, 7) is 6.34. The molecule has 0 aromatic heterocycles. The van der Waals surface area contributed by atoms with Gasteiger partial charge in [0.05, 0.1) is 6.42 Å². The monoisotopic (exact) mass is 389 g/mol. The Hall–Kier alpha value is -1.53. The van der Waals surface area contributed by atoms with Gasteiger partial charge in [-0.05, 0) is 67.1 Å². The van der Waals surface area contributed by atoms with Crippen LogP contribution in [0.5, 0.6) is 0 Å². The molecule has 0 saturated heterocycles. The van der Waals surface area contributed by atoms with E-state index < -0.39 is 0 Å². The first-order valence-electron chi connectivity index (χ1n) is 8.77. The number of carbonyl (C=O) groups is 1. The van der Waals surface area contributed by atoms with E-state index in [1.165, 1.54) is 23.1 Å². The van der Waals surface area contributed by atoms with Gasteiger partial charge in [0.15, 0.2) is 0 Å². The van der Waals surface area contributed by atoms with E-state index in [0.29, 0.717) is 11.1 Å². The number of benzene rings is 2. The first kappa shape index (κ1) is 19.2. The summed E-state index contributed by atoms with van der Waals surface area (Å²) in [4.78, 5) is 15.9. The molecule has 2 aromatic rings. The molecule has 0 unspecified atom stereocenters. The maximum atomic E-state index is 12.5. The number of rotatable bonds is 5. The van der Waals surface area contributed by atoms with Crippen LogP contribution in [-0.2, 0) is 24.2 Å². The molecular formula is C20H24ClN3OS. The molecule has 1 aliphatic heterocycles. The van der Waals surface area contributed by atoms with E-state index in [1.54, 1.807) is 6.07 Å². The number of nitrogens with two attached hydrogens (primary N) is 1. The molecule has 6 heteroatoms. The van der Waals surface area contributed by atoms with Crippen molar-refractivity contribution < 1.29 is 4.79 Å². The van der Waals surface area contributed by atoms with Gasteiger partial charge in [-0.2, -0.15) is 0 Å². The lowest BCUT2D eigenvalue weighted by Crippen LogP contribution is -2.36. The highest BCUT2D eigenvalue weighted by Crippen LogP contribution is 2.31. The van der Waals surface area contributed by atoms with E-state index in [0.717, 1.165) is 35.7 Å². The van der Waals surface area contributed by atoms with E-state index in [4.69, 9.17) is 16.7 Å². The standard InChI is InChI=1S/C20H24ClN3OS/c1-13(2)24-8-7-17-15(12-24)9-16(11-19(17)26-22)23-20(25)10-14-5-3-4-6-18(14)21/h3-6,9,11,13H,7-8,10,12,22H2,1-2H3,(H,23,25). The second-order valence-electron chi connectivity index (χ2n) is 6.86. The Labute approximate surface area is 164 Å². The van der Waals surface area contributed by atoms with Gasteiger partial charge in [-0.1, -0.05) is 29.8 Å². The van der Waals surface area contributed by atoms with Crippen LogP contribution in [0, 0.1) is 0 Å². The molecule has 3 N–H and O–H groups in total. The molecule has 2 aromatic carbocycles. The number of hydrogen-bond donors (Lipinski definition) is 2. The van der Waals surface area contributed by atoms with Crippen molar-refractivity contribution >= 4 is 35.1 Å². The molecule has 138 valence electrons. The highest BCUT2D eigenvalue weighted by Gasteiger charge is 2.22. The summed E-state index contributed by atoms with van der Waals surface area (Å²) in [7, 11) is 0. The van der Waals surface area contributed by atoms with Crippen LogP contribution in [-0.4, -0.2) is 23.4 Å². The number of amides is 1. The molecule has 0 atom stereocenters. The zero-order valence-corrected chi connectivity index (χ0v) is 16.7. The summed E-state index contributed by atoms with van der Waals surface area (Å²) < 4.78 is 0. The molecule has 0 bridgehead atoms. The summed E-state index contributed by atoms with van der Waals surface area (Å²) in [6.07, 6.45) is 1.24. The zero-order chi connectivity index (χ0) is 18.7. The summed E-state index contributed by atoms with van der Waals surface area (Å²) in [6, 6.07) is 12.0. The topological polar surface area (TPSA) is 58.4 Å². The third-order valence-corrected chi connectivity index (χ3v) is 5.76. The van der Waals surface area contributed by atoms with Crippen LogP contribution in [0.2, 0.25) is 5.02 Å². The van der Waals surface area contributed by atoms with Crippen molar-refractivity contribution in [2.45, 2.75) is 44.2 Å². The van der Waals surface area contributed by atoms with E-state index in [-0.39, 0.29) is 12.3 Å². The Morgan fingerprint density at radius 2 is 2.12 bits per heavy atom. The van der Waals surface area contributed by atoms with Crippen LogP contribution in [0.4, 0.5) is 5.69 Å². The fourth-order valence-corrected chi connectivity index (χ4v) is 4.09. The van der Waals surface area contributed by atoms with Gasteiger partial charge in [0.2, 0.25) is 5.91 Å². The van der Waals surface area contributed by atoms with Crippen LogP contribution in [0.15, 0.2) is 41.3 Å². The van der Waals surface area contributed by atoms with Crippen molar-refractivity contribution in [1.82, 2.24) is 4.90 Å². The number of nitrogens with one attached hydrogen (secondary N) is 1. The van der Waals surface area contributed by atoms with Gasteiger partial charge in [-0.25, -0.2) is 0 Å².